The fourth-order valence-corrected chi connectivity index (χ4v) is 3.01. The van der Waals surface area contributed by atoms with E-state index in [0.29, 0.717) is 37.3 Å². The van der Waals surface area contributed by atoms with Gasteiger partial charge in [-0.2, -0.15) is 0 Å². The highest BCUT2D eigenvalue weighted by Gasteiger charge is 2.29. The summed E-state index contributed by atoms with van der Waals surface area (Å²) in [5, 5.41) is 0. The molecule has 0 amide bonds. The molecule has 0 atom stereocenters. The topological polar surface area (TPSA) is 80.3 Å². The van der Waals surface area contributed by atoms with Gasteiger partial charge in [0, 0.05) is 27.1 Å². The second-order valence-electron chi connectivity index (χ2n) is 6.11. The lowest BCUT2D eigenvalue weighted by molar-refractivity contribution is -0.147. The molecule has 2 aromatic heterocycles. The predicted molar refractivity (Wildman–Crippen MR) is 84.4 cm³/mol. The molecule has 0 aliphatic carbocycles. The van der Waals surface area contributed by atoms with Crippen molar-refractivity contribution < 1.29 is 9.47 Å². The van der Waals surface area contributed by atoms with E-state index in [2.05, 4.69) is 4.98 Å². The molecule has 3 rings (SSSR count). The Kier molecular flexibility index (Phi) is 4.11. The first-order valence-electron chi connectivity index (χ1n) is 7.82. The zero-order chi connectivity index (χ0) is 16.6. The van der Waals surface area contributed by atoms with E-state index in [9.17, 15) is 9.59 Å². The lowest BCUT2D eigenvalue weighted by atomic mass is 10.1. The number of rotatable bonds is 5. The van der Waals surface area contributed by atoms with Crippen LogP contribution in [0.4, 0.5) is 0 Å². The van der Waals surface area contributed by atoms with E-state index in [1.165, 1.54) is 9.13 Å². The maximum atomic E-state index is 12.5. The number of hydrogen-bond acceptors (Lipinski definition) is 5. The number of fused-ring (bicyclic) bond motifs is 1. The number of hydrogen-bond donors (Lipinski definition) is 0. The largest absolute Gasteiger partial charge is 0.348 e. The predicted octanol–water partition coefficient (Wildman–Crippen LogP) is 0.367. The minimum absolute atomic E-state index is 0.289. The SMILES string of the molecule is Cn1cnc2c1c(=O)n(CCCCC1(C)OCCO1)c(=O)n2C. The summed E-state index contributed by atoms with van der Waals surface area (Å²) in [7, 11) is 3.38. The van der Waals surface area contributed by atoms with Gasteiger partial charge in [0.15, 0.2) is 17.0 Å². The van der Waals surface area contributed by atoms with Gasteiger partial charge in [-0.3, -0.25) is 13.9 Å². The Hall–Kier alpha value is -1.93. The summed E-state index contributed by atoms with van der Waals surface area (Å²) in [5.74, 6) is -0.526. The van der Waals surface area contributed by atoms with Gasteiger partial charge in [-0.1, -0.05) is 0 Å². The van der Waals surface area contributed by atoms with E-state index >= 15 is 0 Å². The molecular weight excluding hydrogens is 300 g/mol. The molecule has 0 N–H and O–H groups in total. The standard InChI is InChI=1S/C15H22N4O4/c1-15(22-8-9-23-15)6-4-5-7-19-13(20)11-12(16-10-17(11)2)18(3)14(19)21/h10H,4-9H2,1-3H3. The first-order chi connectivity index (χ1) is 10.9. The van der Waals surface area contributed by atoms with E-state index in [-0.39, 0.29) is 11.2 Å². The Morgan fingerprint density at radius 2 is 1.91 bits per heavy atom. The van der Waals surface area contributed by atoms with Gasteiger partial charge >= 0.3 is 5.69 Å². The van der Waals surface area contributed by atoms with Crippen molar-refractivity contribution in [2.75, 3.05) is 13.2 Å². The van der Waals surface area contributed by atoms with Crippen molar-refractivity contribution in [1.82, 2.24) is 18.7 Å². The number of aryl methyl sites for hydroxylation is 2. The molecule has 0 saturated carbocycles. The van der Waals surface area contributed by atoms with Crippen molar-refractivity contribution in [1.29, 1.82) is 0 Å². The summed E-state index contributed by atoms with van der Waals surface area (Å²) < 4.78 is 15.5. The Bertz CT molecular complexity index is 826. The van der Waals surface area contributed by atoms with Crippen molar-refractivity contribution in [3.8, 4) is 0 Å². The summed E-state index contributed by atoms with van der Waals surface area (Å²) in [4.78, 5) is 29.0. The maximum Gasteiger partial charge on any atom is 0.332 e. The van der Waals surface area contributed by atoms with Crippen molar-refractivity contribution in [2.45, 2.75) is 38.5 Å². The Morgan fingerprint density at radius 1 is 1.22 bits per heavy atom. The number of ether oxygens (including phenoxy) is 2. The van der Waals surface area contributed by atoms with Crippen LogP contribution < -0.4 is 11.2 Å². The second-order valence-corrected chi connectivity index (χ2v) is 6.11. The van der Waals surface area contributed by atoms with E-state index in [4.69, 9.17) is 9.47 Å². The number of aromatic nitrogens is 4. The fraction of sp³-hybridized carbons (Fsp3) is 0.667. The zero-order valence-corrected chi connectivity index (χ0v) is 13.7. The number of imidazole rings is 1. The third kappa shape index (κ3) is 2.84. The number of nitrogens with zero attached hydrogens (tertiary/aromatic N) is 4. The highest BCUT2D eigenvalue weighted by Crippen LogP contribution is 2.24. The van der Waals surface area contributed by atoms with Gasteiger partial charge in [0.05, 0.1) is 19.5 Å². The molecule has 126 valence electrons. The smallest absolute Gasteiger partial charge is 0.332 e. The van der Waals surface area contributed by atoms with Gasteiger partial charge in [0.2, 0.25) is 0 Å². The van der Waals surface area contributed by atoms with Gasteiger partial charge in [-0.05, 0) is 19.8 Å². The molecule has 1 aliphatic rings. The normalized spacial score (nSPS) is 17.2. The second kappa shape index (κ2) is 5.93. The highest BCUT2D eigenvalue weighted by molar-refractivity contribution is 5.69. The van der Waals surface area contributed by atoms with Crippen LogP contribution in [0, 0.1) is 0 Å². The van der Waals surface area contributed by atoms with Gasteiger partial charge in [0.1, 0.15) is 0 Å². The van der Waals surface area contributed by atoms with Crippen LogP contribution in [0.15, 0.2) is 15.9 Å². The van der Waals surface area contributed by atoms with Gasteiger partial charge in [-0.15, -0.1) is 0 Å². The molecule has 0 bridgehead atoms. The lowest BCUT2D eigenvalue weighted by Gasteiger charge is -2.21. The minimum atomic E-state index is -0.526. The van der Waals surface area contributed by atoms with Crippen LogP contribution in [0.2, 0.25) is 0 Å². The summed E-state index contributed by atoms with van der Waals surface area (Å²) in [6, 6.07) is 0. The molecular formula is C15H22N4O4. The molecule has 3 heterocycles. The Morgan fingerprint density at radius 3 is 2.61 bits per heavy atom. The van der Waals surface area contributed by atoms with Crippen LogP contribution in [0.1, 0.15) is 26.2 Å². The fourth-order valence-electron chi connectivity index (χ4n) is 3.01. The molecule has 1 saturated heterocycles. The zero-order valence-electron chi connectivity index (χ0n) is 13.7. The van der Waals surface area contributed by atoms with Crippen LogP contribution in [-0.2, 0) is 30.1 Å². The molecule has 2 aromatic rings. The van der Waals surface area contributed by atoms with E-state index in [1.54, 1.807) is 25.0 Å². The van der Waals surface area contributed by atoms with Crippen LogP contribution >= 0.6 is 0 Å². The van der Waals surface area contributed by atoms with Gasteiger partial charge in [0.25, 0.3) is 5.56 Å². The summed E-state index contributed by atoms with van der Waals surface area (Å²) in [6.45, 7) is 3.54. The Labute approximate surface area is 133 Å². The summed E-state index contributed by atoms with van der Waals surface area (Å²) in [5.41, 5.74) is 0.240. The van der Waals surface area contributed by atoms with Gasteiger partial charge in [-0.25, -0.2) is 9.78 Å². The number of unbranched alkanes of at least 4 members (excludes halogenated alkanes) is 1. The van der Waals surface area contributed by atoms with E-state index < -0.39 is 5.79 Å². The van der Waals surface area contributed by atoms with Crippen LogP contribution in [0.25, 0.3) is 11.2 Å². The molecule has 0 aromatic carbocycles. The van der Waals surface area contributed by atoms with E-state index in [1.807, 2.05) is 6.92 Å². The summed E-state index contributed by atoms with van der Waals surface area (Å²) >= 11 is 0. The average molecular weight is 322 g/mol. The molecule has 8 heteroatoms. The lowest BCUT2D eigenvalue weighted by Crippen LogP contribution is -2.39. The third-order valence-corrected chi connectivity index (χ3v) is 4.36. The Balaban J connectivity index is 1.76. The molecule has 0 unspecified atom stereocenters. The van der Waals surface area contributed by atoms with Crippen LogP contribution in [0.5, 0.6) is 0 Å². The van der Waals surface area contributed by atoms with Crippen molar-refractivity contribution in [2.24, 2.45) is 14.1 Å². The molecule has 23 heavy (non-hydrogen) atoms. The molecule has 0 spiro atoms. The third-order valence-electron chi connectivity index (χ3n) is 4.36. The molecule has 1 fully saturated rings. The maximum absolute atomic E-state index is 12.5. The quantitative estimate of drug-likeness (QED) is 0.743. The first-order valence-corrected chi connectivity index (χ1v) is 7.82. The van der Waals surface area contributed by atoms with Crippen LogP contribution in [0.3, 0.4) is 0 Å². The summed E-state index contributed by atoms with van der Waals surface area (Å²) in [6.07, 6.45) is 3.82. The minimum Gasteiger partial charge on any atom is -0.348 e. The highest BCUT2D eigenvalue weighted by atomic mass is 16.7. The van der Waals surface area contributed by atoms with Gasteiger partial charge < -0.3 is 14.0 Å². The van der Waals surface area contributed by atoms with E-state index in [0.717, 1.165) is 12.8 Å². The van der Waals surface area contributed by atoms with Crippen molar-refractivity contribution in [3.63, 3.8) is 0 Å². The van der Waals surface area contributed by atoms with Crippen molar-refractivity contribution >= 4 is 11.2 Å². The monoisotopic (exact) mass is 322 g/mol. The molecule has 0 radical (unpaired) electrons. The first kappa shape index (κ1) is 15.9. The molecule has 8 nitrogen and oxygen atoms in total. The van der Waals surface area contributed by atoms with Crippen molar-refractivity contribution in [3.05, 3.63) is 27.2 Å². The molecule has 1 aliphatic heterocycles. The average Bonchev–Trinajstić information content (AvgIpc) is 3.11. The van der Waals surface area contributed by atoms with Crippen LogP contribution in [-0.4, -0.2) is 37.7 Å².